The lowest BCUT2D eigenvalue weighted by Crippen LogP contribution is -2.21. The van der Waals surface area contributed by atoms with E-state index in [1.807, 2.05) is 13.1 Å². The lowest BCUT2D eigenvalue weighted by atomic mass is 9.92. The first-order valence-electron chi connectivity index (χ1n) is 6.71. The van der Waals surface area contributed by atoms with E-state index < -0.39 is 0 Å². The zero-order valence-corrected chi connectivity index (χ0v) is 12.8. The van der Waals surface area contributed by atoms with Crippen molar-refractivity contribution in [3.63, 3.8) is 0 Å². The highest BCUT2D eigenvalue weighted by atomic mass is 35.5. The maximum Gasteiger partial charge on any atom is 0.145 e. The van der Waals surface area contributed by atoms with E-state index >= 15 is 0 Å². The molecule has 0 radical (unpaired) electrons. The van der Waals surface area contributed by atoms with Crippen LogP contribution in [0.25, 0.3) is 0 Å². The Labute approximate surface area is 124 Å². The Hall–Kier alpha value is -1.38. The van der Waals surface area contributed by atoms with Crippen molar-refractivity contribution in [2.75, 3.05) is 7.05 Å². The molecule has 2 aromatic carbocycles. The van der Waals surface area contributed by atoms with Gasteiger partial charge >= 0.3 is 0 Å². The van der Waals surface area contributed by atoms with E-state index in [4.69, 9.17) is 11.6 Å². The van der Waals surface area contributed by atoms with Crippen LogP contribution in [0.4, 0.5) is 4.39 Å². The molecule has 20 heavy (non-hydrogen) atoms. The van der Waals surface area contributed by atoms with Crippen molar-refractivity contribution < 1.29 is 4.39 Å². The fourth-order valence-electron chi connectivity index (χ4n) is 2.65. The largest absolute Gasteiger partial charge is 0.313 e. The van der Waals surface area contributed by atoms with Gasteiger partial charge in [-0.2, -0.15) is 0 Å². The van der Waals surface area contributed by atoms with Gasteiger partial charge in [-0.1, -0.05) is 41.9 Å². The van der Waals surface area contributed by atoms with Crippen LogP contribution in [0.3, 0.4) is 0 Å². The molecule has 0 aliphatic heterocycles. The van der Waals surface area contributed by atoms with Gasteiger partial charge in [0.25, 0.3) is 0 Å². The molecule has 0 spiro atoms. The maximum atomic E-state index is 14.1. The summed E-state index contributed by atoms with van der Waals surface area (Å²) in [7, 11) is 1.90. The van der Waals surface area contributed by atoms with Crippen LogP contribution in [-0.2, 0) is 6.42 Å². The number of aryl methyl sites for hydroxylation is 2. The highest BCUT2D eigenvalue weighted by Crippen LogP contribution is 2.27. The highest BCUT2D eigenvalue weighted by Gasteiger charge is 2.17. The van der Waals surface area contributed by atoms with Crippen LogP contribution < -0.4 is 5.32 Å². The van der Waals surface area contributed by atoms with Gasteiger partial charge in [0.1, 0.15) is 5.82 Å². The molecule has 2 rings (SSSR count). The van der Waals surface area contributed by atoms with Gasteiger partial charge in [-0.25, -0.2) is 4.39 Å². The number of benzene rings is 2. The van der Waals surface area contributed by atoms with Crippen molar-refractivity contribution in [1.82, 2.24) is 5.32 Å². The molecule has 1 nitrogen and oxygen atoms in total. The van der Waals surface area contributed by atoms with Gasteiger partial charge in [0.2, 0.25) is 0 Å². The molecule has 1 unspecified atom stereocenters. The fourth-order valence-corrected chi connectivity index (χ4v) is 2.85. The van der Waals surface area contributed by atoms with Crippen LogP contribution in [-0.4, -0.2) is 7.05 Å². The third kappa shape index (κ3) is 3.02. The first-order chi connectivity index (χ1) is 9.54. The molecule has 3 heteroatoms. The van der Waals surface area contributed by atoms with Crippen molar-refractivity contribution in [2.24, 2.45) is 0 Å². The number of nitrogens with one attached hydrogen (secondary N) is 1. The molecule has 0 aliphatic rings. The minimum absolute atomic E-state index is 0.0733. The number of rotatable bonds is 4. The molecule has 0 aromatic heterocycles. The summed E-state index contributed by atoms with van der Waals surface area (Å²) < 4.78 is 14.1. The Morgan fingerprint density at radius 1 is 1.10 bits per heavy atom. The molecule has 0 bridgehead atoms. The predicted octanol–water partition coefficient (Wildman–Crippen LogP) is 4.60. The summed E-state index contributed by atoms with van der Waals surface area (Å²) in [6, 6.07) is 11.4. The van der Waals surface area contributed by atoms with E-state index in [2.05, 4.69) is 31.3 Å². The predicted molar refractivity (Wildman–Crippen MR) is 82.8 cm³/mol. The van der Waals surface area contributed by atoms with E-state index in [0.29, 0.717) is 12.0 Å². The second-order valence-corrected chi connectivity index (χ2v) is 5.47. The molecule has 0 aliphatic carbocycles. The zero-order valence-electron chi connectivity index (χ0n) is 12.0. The molecular weight excluding hydrogens is 273 g/mol. The number of likely N-dealkylation sites (N-methyl/N-ethyl adjacent to an activating group) is 1. The maximum absolute atomic E-state index is 14.1. The first-order valence-corrected chi connectivity index (χ1v) is 7.08. The van der Waals surface area contributed by atoms with Gasteiger partial charge in [-0.05, 0) is 55.6 Å². The smallest absolute Gasteiger partial charge is 0.145 e. The third-order valence-corrected chi connectivity index (χ3v) is 3.99. The second-order valence-electron chi connectivity index (χ2n) is 5.06. The Morgan fingerprint density at radius 3 is 2.30 bits per heavy atom. The van der Waals surface area contributed by atoms with Gasteiger partial charge in [0.05, 0.1) is 5.02 Å². The average molecular weight is 292 g/mol. The lowest BCUT2D eigenvalue weighted by molar-refractivity contribution is 0.551. The summed E-state index contributed by atoms with van der Waals surface area (Å²) in [5.41, 5.74) is 4.30. The monoisotopic (exact) mass is 291 g/mol. The van der Waals surface area contributed by atoms with Gasteiger partial charge < -0.3 is 5.32 Å². The van der Waals surface area contributed by atoms with Crippen molar-refractivity contribution in [2.45, 2.75) is 26.3 Å². The van der Waals surface area contributed by atoms with Crippen LogP contribution in [0.5, 0.6) is 0 Å². The second kappa shape index (κ2) is 6.38. The third-order valence-electron chi connectivity index (χ3n) is 3.69. The minimum atomic E-state index is -0.319. The Morgan fingerprint density at radius 2 is 1.70 bits per heavy atom. The van der Waals surface area contributed by atoms with Crippen molar-refractivity contribution >= 4 is 11.6 Å². The van der Waals surface area contributed by atoms with Crippen LogP contribution >= 0.6 is 11.6 Å². The summed E-state index contributed by atoms with van der Waals surface area (Å²) in [4.78, 5) is 0. The Bertz CT molecular complexity index is 590. The van der Waals surface area contributed by atoms with Crippen LogP contribution in [0, 0.1) is 19.7 Å². The minimum Gasteiger partial charge on any atom is -0.313 e. The van der Waals surface area contributed by atoms with E-state index in [1.165, 1.54) is 16.7 Å². The van der Waals surface area contributed by atoms with Gasteiger partial charge in [-0.15, -0.1) is 0 Å². The van der Waals surface area contributed by atoms with Crippen molar-refractivity contribution in [3.05, 3.63) is 69.5 Å². The van der Waals surface area contributed by atoms with Crippen LogP contribution in [0.2, 0.25) is 5.02 Å². The molecule has 0 heterocycles. The molecule has 1 atom stereocenters. The molecule has 0 saturated carbocycles. The molecule has 0 saturated heterocycles. The highest BCUT2D eigenvalue weighted by molar-refractivity contribution is 6.30. The number of hydrogen-bond acceptors (Lipinski definition) is 1. The van der Waals surface area contributed by atoms with E-state index in [0.717, 1.165) is 0 Å². The van der Waals surface area contributed by atoms with Gasteiger partial charge in [0, 0.05) is 6.04 Å². The molecule has 0 fully saturated rings. The van der Waals surface area contributed by atoms with Crippen LogP contribution in [0.1, 0.15) is 28.3 Å². The summed E-state index contributed by atoms with van der Waals surface area (Å²) in [5, 5.41) is 3.46. The molecule has 0 amide bonds. The van der Waals surface area contributed by atoms with E-state index in [1.54, 1.807) is 18.2 Å². The quantitative estimate of drug-likeness (QED) is 0.868. The topological polar surface area (TPSA) is 12.0 Å². The van der Waals surface area contributed by atoms with Crippen molar-refractivity contribution in [3.8, 4) is 0 Å². The normalized spacial score (nSPS) is 12.4. The number of hydrogen-bond donors (Lipinski definition) is 1. The SMILES string of the molecule is CNC(Cc1cccc(Cl)c1F)c1c(C)cccc1C. The average Bonchev–Trinajstić information content (AvgIpc) is 2.42. The summed E-state index contributed by atoms with van der Waals surface area (Å²) in [5.74, 6) is -0.319. The fraction of sp³-hybridized carbons (Fsp3) is 0.294. The molecule has 2 aromatic rings. The number of halogens is 2. The Balaban J connectivity index is 2.37. The van der Waals surface area contributed by atoms with Gasteiger partial charge in [0.15, 0.2) is 0 Å². The summed E-state index contributed by atoms with van der Waals surface area (Å²) in [6.45, 7) is 4.17. The molecular formula is C17H19ClFN. The van der Waals surface area contributed by atoms with E-state index in [9.17, 15) is 4.39 Å². The molecule has 1 N–H and O–H groups in total. The lowest BCUT2D eigenvalue weighted by Gasteiger charge is -2.21. The molecule has 106 valence electrons. The van der Waals surface area contributed by atoms with Crippen LogP contribution in [0.15, 0.2) is 36.4 Å². The van der Waals surface area contributed by atoms with Gasteiger partial charge in [-0.3, -0.25) is 0 Å². The zero-order chi connectivity index (χ0) is 14.7. The first kappa shape index (κ1) is 15.0. The van der Waals surface area contributed by atoms with E-state index in [-0.39, 0.29) is 16.9 Å². The van der Waals surface area contributed by atoms with Crippen molar-refractivity contribution in [1.29, 1.82) is 0 Å². The standard InChI is InChI=1S/C17H19ClFN/c1-11-6-4-7-12(2)16(11)15(20-3)10-13-8-5-9-14(18)17(13)19/h4-9,15,20H,10H2,1-3H3. The summed E-state index contributed by atoms with van der Waals surface area (Å²) in [6.07, 6.45) is 0.578. The summed E-state index contributed by atoms with van der Waals surface area (Å²) >= 11 is 5.85. The Kier molecular flexibility index (Phi) is 4.79.